The number of hydrogen-bond donors (Lipinski definition) is 5. The standard InChI is InChI=1S/2C11H17NS.C5H9NO4S/c2*1-11(2,9-12)13-8-10-6-4-3-5-7-10;6-3(5(9)10)1-11-2-4(7)8/h2*3-7H,8-9,12H2,1-2H3;3H,1-2,6H2,(H,7,8)(H,9,10). The van der Waals surface area contributed by atoms with E-state index in [9.17, 15) is 9.59 Å². The number of aliphatic carboxylic acids is 2. The maximum atomic E-state index is 10.1. The molecule has 0 fully saturated rings. The molecule has 37 heavy (non-hydrogen) atoms. The van der Waals surface area contributed by atoms with Crippen LogP contribution in [-0.4, -0.2) is 62.3 Å². The Kier molecular flexibility index (Phi) is 18.5. The molecule has 0 radical (unpaired) electrons. The van der Waals surface area contributed by atoms with Crippen molar-refractivity contribution in [2.75, 3.05) is 24.6 Å². The fourth-order valence-electron chi connectivity index (χ4n) is 2.17. The lowest BCUT2D eigenvalue weighted by Gasteiger charge is -2.21. The Bertz CT molecular complexity index is 829. The summed E-state index contributed by atoms with van der Waals surface area (Å²) in [5.41, 5.74) is 19.1. The molecule has 2 aromatic carbocycles. The number of nitrogens with two attached hydrogens (primary N) is 3. The molecule has 2 aromatic rings. The minimum absolute atomic E-state index is 0.110. The van der Waals surface area contributed by atoms with E-state index in [-0.39, 0.29) is 21.0 Å². The summed E-state index contributed by atoms with van der Waals surface area (Å²) in [5, 5.41) is 16.4. The molecule has 0 heterocycles. The van der Waals surface area contributed by atoms with E-state index in [0.29, 0.717) is 0 Å². The maximum Gasteiger partial charge on any atom is 0.321 e. The van der Waals surface area contributed by atoms with Crippen LogP contribution in [0.1, 0.15) is 38.8 Å². The average Bonchev–Trinajstić information content (AvgIpc) is 2.88. The molecule has 0 saturated heterocycles. The first-order valence-corrected chi connectivity index (χ1v) is 15.0. The Morgan fingerprint density at radius 3 is 1.46 bits per heavy atom. The van der Waals surface area contributed by atoms with Gasteiger partial charge in [-0.1, -0.05) is 60.7 Å². The second-order valence-corrected chi connectivity index (χ2v) is 13.7. The van der Waals surface area contributed by atoms with Gasteiger partial charge in [0, 0.05) is 39.8 Å². The summed E-state index contributed by atoms with van der Waals surface area (Å²) in [6.45, 7) is 10.2. The van der Waals surface area contributed by atoms with Crippen molar-refractivity contribution >= 4 is 47.2 Å². The zero-order valence-electron chi connectivity index (χ0n) is 22.3. The van der Waals surface area contributed by atoms with Crippen LogP contribution in [0, 0.1) is 0 Å². The number of carboxylic acids is 2. The van der Waals surface area contributed by atoms with Crippen LogP contribution in [0.5, 0.6) is 0 Å². The Morgan fingerprint density at radius 1 is 0.784 bits per heavy atom. The van der Waals surface area contributed by atoms with Gasteiger partial charge < -0.3 is 27.4 Å². The van der Waals surface area contributed by atoms with Gasteiger partial charge in [0.1, 0.15) is 6.04 Å². The number of hydrogen-bond acceptors (Lipinski definition) is 8. The first-order valence-electron chi connectivity index (χ1n) is 11.9. The van der Waals surface area contributed by atoms with Gasteiger partial charge in [0.15, 0.2) is 0 Å². The van der Waals surface area contributed by atoms with Crippen molar-refractivity contribution < 1.29 is 19.8 Å². The van der Waals surface area contributed by atoms with E-state index in [1.807, 2.05) is 35.7 Å². The number of rotatable bonds is 13. The van der Waals surface area contributed by atoms with E-state index in [1.165, 1.54) is 11.1 Å². The molecule has 0 aliphatic rings. The van der Waals surface area contributed by atoms with Gasteiger partial charge in [-0.05, 0) is 38.8 Å². The van der Waals surface area contributed by atoms with Crippen LogP contribution in [-0.2, 0) is 21.1 Å². The zero-order valence-corrected chi connectivity index (χ0v) is 24.7. The highest BCUT2D eigenvalue weighted by molar-refractivity contribution is 8.00. The molecule has 10 heteroatoms. The molecule has 8 N–H and O–H groups in total. The van der Waals surface area contributed by atoms with Gasteiger partial charge in [-0.25, -0.2) is 0 Å². The molecule has 0 spiro atoms. The Labute approximate surface area is 234 Å². The Morgan fingerprint density at radius 2 is 1.16 bits per heavy atom. The lowest BCUT2D eigenvalue weighted by Crippen LogP contribution is -2.32. The number of carboxylic acid groups (broad SMARTS) is 2. The fourth-order valence-corrected chi connectivity index (χ4v) is 4.59. The molecule has 0 saturated carbocycles. The molecule has 208 valence electrons. The van der Waals surface area contributed by atoms with E-state index in [1.54, 1.807) is 0 Å². The van der Waals surface area contributed by atoms with E-state index in [2.05, 4.69) is 76.2 Å². The highest BCUT2D eigenvalue weighted by Crippen LogP contribution is 2.27. The van der Waals surface area contributed by atoms with Crippen molar-refractivity contribution in [3.8, 4) is 0 Å². The Hall–Kier alpha value is -1.69. The molecule has 2 rings (SSSR count). The summed E-state index contributed by atoms with van der Waals surface area (Å²) in [4.78, 5) is 20.0. The van der Waals surface area contributed by atoms with Crippen LogP contribution < -0.4 is 17.2 Å². The van der Waals surface area contributed by atoms with Gasteiger partial charge in [-0.2, -0.15) is 0 Å². The minimum atomic E-state index is -1.11. The molecule has 0 aromatic heterocycles. The van der Waals surface area contributed by atoms with Crippen LogP contribution in [0.25, 0.3) is 0 Å². The summed E-state index contributed by atoms with van der Waals surface area (Å²) in [6, 6.07) is 20.0. The molecular formula is C27H43N3O4S3. The number of carbonyl (C=O) groups is 2. The lowest BCUT2D eigenvalue weighted by molar-refractivity contribution is -0.138. The first-order chi connectivity index (χ1) is 17.3. The molecule has 0 bridgehead atoms. The van der Waals surface area contributed by atoms with E-state index >= 15 is 0 Å². The number of benzene rings is 2. The summed E-state index contributed by atoms with van der Waals surface area (Å²) >= 11 is 4.81. The molecule has 0 aliphatic heterocycles. The monoisotopic (exact) mass is 569 g/mol. The molecule has 1 atom stereocenters. The summed E-state index contributed by atoms with van der Waals surface area (Å²) in [5.74, 6) is 0.0362. The van der Waals surface area contributed by atoms with E-state index in [0.717, 1.165) is 36.4 Å². The van der Waals surface area contributed by atoms with Crippen molar-refractivity contribution in [1.82, 2.24) is 0 Å². The van der Waals surface area contributed by atoms with Crippen LogP contribution in [0.15, 0.2) is 60.7 Å². The third-order valence-corrected chi connectivity index (χ3v) is 8.67. The van der Waals surface area contributed by atoms with Crippen LogP contribution in [0.2, 0.25) is 0 Å². The van der Waals surface area contributed by atoms with Gasteiger partial charge >= 0.3 is 11.9 Å². The van der Waals surface area contributed by atoms with Crippen LogP contribution in [0.4, 0.5) is 0 Å². The molecule has 7 nitrogen and oxygen atoms in total. The van der Waals surface area contributed by atoms with Gasteiger partial charge in [0.25, 0.3) is 0 Å². The minimum Gasteiger partial charge on any atom is -0.481 e. The second-order valence-electron chi connectivity index (χ2n) is 9.33. The fraction of sp³-hybridized carbons (Fsp3) is 0.481. The maximum absolute atomic E-state index is 10.1. The third kappa shape index (κ3) is 20.0. The van der Waals surface area contributed by atoms with E-state index < -0.39 is 18.0 Å². The van der Waals surface area contributed by atoms with Crippen molar-refractivity contribution in [2.24, 2.45) is 17.2 Å². The summed E-state index contributed by atoms with van der Waals surface area (Å²) < 4.78 is 0.381. The quantitative estimate of drug-likeness (QED) is 0.232. The van der Waals surface area contributed by atoms with Crippen molar-refractivity contribution in [1.29, 1.82) is 0 Å². The topological polar surface area (TPSA) is 153 Å². The van der Waals surface area contributed by atoms with Gasteiger partial charge in [0.2, 0.25) is 0 Å². The average molecular weight is 570 g/mol. The summed E-state index contributed by atoms with van der Waals surface area (Å²) in [7, 11) is 0. The molecule has 1 unspecified atom stereocenters. The highest BCUT2D eigenvalue weighted by Gasteiger charge is 2.16. The predicted molar refractivity (Wildman–Crippen MR) is 162 cm³/mol. The smallest absolute Gasteiger partial charge is 0.321 e. The predicted octanol–water partition coefficient (Wildman–Crippen LogP) is 4.53. The van der Waals surface area contributed by atoms with Crippen molar-refractivity contribution in [2.45, 2.75) is 54.7 Å². The van der Waals surface area contributed by atoms with Crippen LogP contribution in [0.3, 0.4) is 0 Å². The SMILES string of the molecule is CC(C)(CN)SCc1ccccc1.CC(C)(CN)SCc1ccccc1.NC(CSCC(=O)O)C(=O)O. The highest BCUT2D eigenvalue weighted by atomic mass is 32.2. The molecular weight excluding hydrogens is 527 g/mol. The molecule has 0 aliphatic carbocycles. The Balaban J connectivity index is 0.000000528. The third-order valence-electron chi connectivity index (χ3n) is 4.77. The summed E-state index contributed by atoms with van der Waals surface area (Å²) in [6.07, 6.45) is 0. The largest absolute Gasteiger partial charge is 0.481 e. The van der Waals surface area contributed by atoms with Crippen molar-refractivity contribution in [3.05, 3.63) is 71.8 Å². The van der Waals surface area contributed by atoms with Crippen molar-refractivity contribution in [3.63, 3.8) is 0 Å². The molecule has 0 amide bonds. The number of thioether (sulfide) groups is 3. The first kappa shape index (κ1) is 35.3. The van der Waals surface area contributed by atoms with Gasteiger partial charge in [0.05, 0.1) is 5.75 Å². The lowest BCUT2D eigenvalue weighted by atomic mass is 10.2. The van der Waals surface area contributed by atoms with Gasteiger partial charge in [-0.3, -0.25) is 9.59 Å². The van der Waals surface area contributed by atoms with Crippen LogP contribution >= 0.6 is 35.3 Å². The van der Waals surface area contributed by atoms with Gasteiger partial charge in [-0.15, -0.1) is 35.3 Å². The van der Waals surface area contributed by atoms with E-state index in [4.69, 9.17) is 27.4 Å². The normalized spacial score (nSPS) is 11.9. The second kappa shape index (κ2) is 19.4. The zero-order chi connectivity index (χ0) is 28.3.